The Morgan fingerprint density at radius 2 is 2.33 bits per heavy atom. The van der Waals surface area contributed by atoms with Gasteiger partial charge in [0.15, 0.2) is 5.96 Å². The van der Waals surface area contributed by atoms with Gasteiger partial charge >= 0.3 is 0 Å². The van der Waals surface area contributed by atoms with Crippen molar-refractivity contribution in [3.05, 3.63) is 15.6 Å². The van der Waals surface area contributed by atoms with Crippen molar-refractivity contribution in [2.45, 2.75) is 46.1 Å². The van der Waals surface area contributed by atoms with E-state index in [-0.39, 0.29) is 6.10 Å². The van der Waals surface area contributed by atoms with Gasteiger partial charge in [0, 0.05) is 37.5 Å². The summed E-state index contributed by atoms with van der Waals surface area (Å²) in [6.07, 6.45) is 2.50. The molecule has 1 fully saturated rings. The third kappa shape index (κ3) is 4.41. The van der Waals surface area contributed by atoms with Crippen LogP contribution in [0, 0.1) is 6.92 Å². The number of hydrogen-bond acceptors (Lipinski definition) is 4. The Balaban J connectivity index is 1.92. The Kier molecular flexibility index (Phi) is 5.99. The molecule has 1 aliphatic heterocycles. The summed E-state index contributed by atoms with van der Waals surface area (Å²) >= 11 is 1.78. The number of aryl methyl sites for hydroxylation is 2. The van der Waals surface area contributed by atoms with Crippen LogP contribution in [0.2, 0.25) is 0 Å². The van der Waals surface area contributed by atoms with Gasteiger partial charge in [0.05, 0.1) is 16.8 Å². The second kappa shape index (κ2) is 7.75. The minimum absolute atomic E-state index is 0.220. The van der Waals surface area contributed by atoms with Crippen molar-refractivity contribution in [2.24, 2.45) is 4.99 Å². The highest BCUT2D eigenvalue weighted by Crippen LogP contribution is 2.18. The van der Waals surface area contributed by atoms with Crippen LogP contribution in [0.4, 0.5) is 0 Å². The van der Waals surface area contributed by atoms with E-state index in [4.69, 9.17) is 0 Å². The second-order valence-corrected chi connectivity index (χ2v) is 6.63. The number of guanidine groups is 1. The number of likely N-dealkylation sites (tertiary alicyclic amines) is 1. The molecule has 0 saturated carbocycles. The lowest BCUT2D eigenvalue weighted by Crippen LogP contribution is -2.40. The summed E-state index contributed by atoms with van der Waals surface area (Å²) in [7, 11) is 0. The van der Waals surface area contributed by atoms with Gasteiger partial charge in [-0.25, -0.2) is 4.98 Å². The lowest BCUT2D eigenvalue weighted by atomic mass is 10.3. The van der Waals surface area contributed by atoms with Gasteiger partial charge in [-0.1, -0.05) is 6.92 Å². The molecule has 6 heteroatoms. The molecule has 2 N–H and O–H groups in total. The first-order valence-corrected chi connectivity index (χ1v) is 8.62. The number of nitrogens with zero attached hydrogens (tertiary/aromatic N) is 3. The standard InChI is InChI=1S/C15H26N4OS/c1-4-13-11(3)21-14(18-13)6-8-17-15(16-5-2)19-9-7-12(20)10-19/h12,20H,4-10H2,1-3H3,(H,16,17)/t12-/m1/s1. The Labute approximate surface area is 131 Å². The van der Waals surface area contributed by atoms with Crippen LogP contribution < -0.4 is 5.32 Å². The second-order valence-electron chi connectivity index (χ2n) is 5.34. The van der Waals surface area contributed by atoms with E-state index in [0.717, 1.165) is 44.9 Å². The zero-order chi connectivity index (χ0) is 15.2. The van der Waals surface area contributed by atoms with Crippen molar-refractivity contribution >= 4 is 17.3 Å². The highest BCUT2D eigenvalue weighted by molar-refractivity contribution is 7.11. The van der Waals surface area contributed by atoms with Crippen molar-refractivity contribution in [1.29, 1.82) is 0 Å². The number of hydrogen-bond donors (Lipinski definition) is 2. The van der Waals surface area contributed by atoms with Crippen molar-refractivity contribution in [3.63, 3.8) is 0 Å². The number of aliphatic hydroxyl groups is 1. The first-order chi connectivity index (χ1) is 10.1. The van der Waals surface area contributed by atoms with Gasteiger partial charge in [0.1, 0.15) is 0 Å². The van der Waals surface area contributed by atoms with Crippen LogP contribution in [0.25, 0.3) is 0 Å². The highest BCUT2D eigenvalue weighted by Gasteiger charge is 2.22. The maximum atomic E-state index is 9.65. The van der Waals surface area contributed by atoms with Gasteiger partial charge in [-0.2, -0.15) is 0 Å². The number of aliphatic hydroxyl groups excluding tert-OH is 1. The van der Waals surface area contributed by atoms with Gasteiger partial charge in [0.2, 0.25) is 0 Å². The van der Waals surface area contributed by atoms with E-state index in [2.05, 4.69) is 41.0 Å². The molecule has 2 rings (SSSR count). The van der Waals surface area contributed by atoms with Gasteiger partial charge in [0.25, 0.3) is 0 Å². The topological polar surface area (TPSA) is 60.8 Å². The zero-order valence-corrected chi connectivity index (χ0v) is 14.0. The smallest absolute Gasteiger partial charge is 0.194 e. The Hall–Kier alpha value is -1.14. The quantitative estimate of drug-likeness (QED) is 0.640. The molecular weight excluding hydrogens is 284 g/mol. The average molecular weight is 310 g/mol. The van der Waals surface area contributed by atoms with E-state index in [1.54, 1.807) is 11.3 Å². The van der Waals surface area contributed by atoms with Crippen LogP contribution in [0.3, 0.4) is 0 Å². The number of aromatic nitrogens is 1. The molecule has 0 aromatic carbocycles. The number of aliphatic imine (C=N–C) groups is 1. The van der Waals surface area contributed by atoms with Crippen LogP contribution in [0.5, 0.6) is 0 Å². The monoisotopic (exact) mass is 310 g/mol. The van der Waals surface area contributed by atoms with Crippen molar-refractivity contribution in [3.8, 4) is 0 Å². The summed E-state index contributed by atoms with van der Waals surface area (Å²) in [5, 5.41) is 14.1. The molecule has 5 nitrogen and oxygen atoms in total. The summed E-state index contributed by atoms with van der Waals surface area (Å²) < 4.78 is 0. The summed E-state index contributed by atoms with van der Waals surface area (Å²) in [4.78, 5) is 12.8. The average Bonchev–Trinajstić information content (AvgIpc) is 3.04. The molecule has 2 heterocycles. The SMILES string of the molecule is CCNC(=NCCc1nc(CC)c(C)s1)N1CC[C@@H](O)C1. The molecule has 0 radical (unpaired) electrons. The number of β-amino-alcohol motifs (C(OH)–C–C–N with tert-alkyl or cyclic N) is 1. The van der Waals surface area contributed by atoms with Crippen molar-refractivity contribution in [1.82, 2.24) is 15.2 Å². The number of rotatable bonds is 5. The van der Waals surface area contributed by atoms with Crippen molar-refractivity contribution < 1.29 is 5.11 Å². The number of nitrogens with one attached hydrogen (secondary N) is 1. The molecule has 1 aromatic heterocycles. The van der Waals surface area contributed by atoms with E-state index < -0.39 is 0 Å². The fourth-order valence-corrected chi connectivity index (χ4v) is 3.55. The van der Waals surface area contributed by atoms with Gasteiger partial charge in [-0.3, -0.25) is 4.99 Å². The molecule has 21 heavy (non-hydrogen) atoms. The third-order valence-electron chi connectivity index (χ3n) is 3.66. The Morgan fingerprint density at radius 3 is 2.90 bits per heavy atom. The lowest BCUT2D eigenvalue weighted by molar-refractivity contribution is 0.188. The maximum Gasteiger partial charge on any atom is 0.194 e. The summed E-state index contributed by atoms with van der Waals surface area (Å²) in [6, 6.07) is 0. The predicted molar refractivity (Wildman–Crippen MR) is 88.1 cm³/mol. The van der Waals surface area contributed by atoms with Gasteiger partial charge in [-0.15, -0.1) is 11.3 Å². The van der Waals surface area contributed by atoms with Crippen molar-refractivity contribution in [2.75, 3.05) is 26.2 Å². The molecule has 0 aliphatic carbocycles. The molecule has 0 unspecified atom stereocenters. The molecule has 1 atom stereocenters. The molecule has 118 valence electrons. The molecular formula is C15H26N4OS. The fraction of sp³-hybridized carbons (Fsp3) is 0.733. The van der Waals surface area contributed by atoms with Gasteiger partial charge in [-0.05, 0) is 26.7 Å². The minimum Gasteiger partial charge on any atom is -0.391 e. The van der Waals surface area contributed by atoms with E-state index in [0.29, 0.717) is 6.54 Å². The highest BCUT2D eigenvalue weighted by atomic mass is 32.1. The first-order valence-electron chi connectivity index (χ1n) is 7.80. The zero-order valence-electron chi connectivity index (χ0n) is 13.2. The molecule has 0 amide bonds. The molecule has 1 saturated heterocycles. The Morgan fingerprint density at radius 1 is 1.52 bits per heavy atom. The van der Waals surface area contributed by atoms with Crippen LogP contribution in [-0.4, -0.2) is 53.2 Å². The summed E-state index contributed by atoms with van der Waals surface area (Å²) in [5.74, 6) is 0.915. The van der Waals surface area contributed by atoms with Crippen LogP contribution in [0.1, 0.15) is 35.8 Å². The van der Waals surface area contributed by atoms with Crippen LogP contribution >= 0.6 is 11.3 Å². The summed E-state index contributed by atoms with van der Waals surface area (Å²) in [6.45, 7) is 9.50. The fourth-order valence-electron chi connectivity index (χ4n) is 2.54. The predicted octanol–water partition coefficient (Wildman–Crippen LogP) is 1.59. The van der Waals surface area contributed by atoms with Crippen LogP contribution in [-0.2, 0) is 12.8 Å². The largest absolute Gasteiger partial charge is 0.391 e. The number of thiazole rings is 1. The van der Waals surface area contributed by atoms with E-state index in [1.165, 1.54) is 15.6 Å². The van der Waals surface area contributed by atoms with Crippen LogP contribution in [0.15, 0.2) is 4.99 Å². The molecule has 0 bridgehead atoms. The van der Waals surface area contributed by atoms with E-state index >= 15 is 0 Å². The lowest BCUT2D eigenvalue weighted by Gasteiger charge is -2.20. The normalized spacial score (nSPS) is 19.3. The molecule has 0 spiro atoms. The van der Waals surface area contributed by atoms with E-state index in [9.17, 15) is 5.11 Å². The maximum absolute atomic E-state index is 9.65. The Bertz CT molecular complexity index is 486. The van der Waals surface area contributed by atoms with E-state index in [1.807, 2.05) is 0 Å². The molecule has 1 aromatic rings. The first kappa shape index (κ1) is 16.2. The summed E-state index contributed by atoms with van der Waals surface area (Å²) in [5.41, 5.74) is 1.22. The molecule has 1 aliphatic rings. The minimum atomic E-state index is -0.220. The van der Waals surface area contributed by atoms with Gasteiger partial charge < -0.3 is 15.3 Å². The third-order valence-corrected chi connectivity index (χ3v) is 4.73.